The fraction of sp³-hybridized carbons (Fsp3) is 0.600. The van der Waals surface area contributed by atoms with Crippen LogP contribution in [0, 0.1) is 0 Å². The van der Waals surface area contributed by atoms with Crippen LogP contribution >= 0.6 is 0 Å². The zero-order valence-electron chi connectivity index (χ0n) is 12.4. The average molecular weight is 282 g/mol. The molecule has 0 spiro atoms. The Morgan fingerprint density at radius 3 is 2.85 bits per heavy atom. The third-order valence-corrected chi connectivity index (χ3v) is 3.10. The first-order valence-corrected chi connectivity index (χ1v) is 7.00. The SMILES string of the molecule is CCN(CCOC)CC(O)COc1cccc(CN)c1. The largest absolute Gasteiger partial charge is 0.491 e. The van der Waals surface area contributed by atoms with Gasteiger partial charge in [0.1, 0.15) is 18.5 Å². The number of aliphatic hydroxyl groups is 1. The van der Waals surface area contributed by atoms with E-state index in [0.29, 0.717) is 19.7 Å². The van der Waals surface area contributed by atoms with Gasteiger partial charge in [0.2, 0.25) is 0 Å². The molecule has 1 aromatic rings. The molecule has 0 saturated heterocycles. The molecule has 1 aromatic carbocycles. The van der Waals surface area contributed by atoms with E-state index in [2.05, 4.69) is 11.8 Å². The minimum atomic E-state index is -0.520. The summed E-state index contributed by atoms with van der Waals surface area (Å²) in [5, 5.41) is 10.0. The fourth-order valence-corrected chi connectivity index (χ4v) is 1.90. The molecule has 3 N–H and O–H groups in total. The predicted octanol–water partition coefficient (Wildman–Crippen LogP) is 0.853. The van der Waals surface area contributed by atoms with Crippen LogP contribution in [0.1, 0.15) is 12.5 Å². The fourth-order valence-electron chi connectivity index (χ4n) is 1.90. The Bertz CT molecular complexity index is 374. The molecule has 0 bridgehead atoms. The summed E-state index contributed by atoms with van der Waals surface area (Å²) in [7, 11) is 1.68. The van der Waals surface area contributed by atoms with Crippen molar-refractivity contribution in [3.05, 3.63) is 29.8 Å². The van der Waals surface area contributed by atoms with Crippen molar-refractivity contribution in [2.45, 2.75) is 19.6 Å². The summed E-state index contributed by atoms with van der Waals surface area (Å²) in [4.78, 5) is 2.13. The molecule has 0 radical (unpaired) electrons. The van der Waals surface area contributed by atoms with Crippen LogP contribution in [-0.2, 0) is 11.3 Å². The van der Waals surface area contributed by atoms with E-state index in [0.717, 1.165) is 24.4 Å². The first-order valence-electron chi connectivity index (χ1n) is 7.00. The summed E-state index contributed by atoms with van der Waals surface area (Å²) < 4.78 is 10.6. The average Bonchev–Trinajstić information content (AvgIpc) is 2.49. The molecule has 0 heterocycles. The molecule has 0 amide bonds. The topological polar surface area (TPSA) is 68.0 Å². The van der Waals surface area contributed by atoms with Crippen molar-refractivity contribution in [3.63, 3.8) is 0 Å². The highest BCUT2D eigenvalue weighted by molar-refractivity contribution is 5.28. The molecule has 0 aromatic heterocycles. The molecule has 0 aliphatic rings. The predicted molar refractivity (Wildman–Crippen MR) is 79.8 cm³/mol. The maximum Gasteiger partial charge on any atom is 0.119 e. The number of benzene rings is 1. The van der Waals surface area contributed by atoms with Gasteiger partial charge in [-0.2, -0.15) is 0 Å². The second kappa shape index (κ2) is 9.72. The molecular formula is C15H26N2O3. The first-order chi connectivity index (χ1) is 9.69. The Hall–Kier alpha value is -1.14. The highest BCUT2D eigenvalue weighted by Gasteiger charge is 2.11. The van der Waals surface area contributed by atoms with Gasteiger partial charge in [0.05, 0.1) is 6.61 Å². The number of likely N-dealkylation sites (N-methyl/N-ethyl adjacent to an activating group) is 1. The van der Waals surface area contributed by atoms with Crippen molar-refractivity contribution in [3.8, 4) is 5.75 Å². The zero-order valence-corrected chi connectivity index (χ0v) is 12.4. The lowest BCUT2D eigenvalue weighted by molar-refractivity contribution is 0.0592. The number of aliphatic hydroxyl groups excluding tert-OH is 1. The quantitative estimate of drug-likeness (QED) is 0.666. The summed E-state index contributed by atoms with van der Waals surface area (Å²) in [5.41, 5.74) is 6.60. The maximum atomic E-state index is 10.0. The molecule has 1 unspecified atom stereocenters. The van der Waals surface area contributed by atoms with Crippen molar-refractivity contribution in [2.75, 3.05) is 40.0 Å². The Labute approximate surface area is 121 Å². The van der Waals surface area contributed by atoms with E-state index >= 15 is 0 Å². The van der Waals surface area contributed by atoms with Crippen molar-refractivity contribution in [1.29, 1.82) is 0 Å². The third kappa shape index (κ3) is 6.34. The number of hydrogen-bond acceptors (Lipinski definition) is 5. The number of rotatable bonds is 10. The monoisotopic (exact) mass is 282 g/mol. The van der Waals surface area contributed by atoms with E-state index < -0.39 is 6.10 Å². The van der Waals surface area contributed by atoms with Crippen molar-refractivity contribution in [1.82, 2.24) is 4.90 Å². The minimum absolute atomic E-state index is 0.275. The Morgan fingerprint density at radius 1 is 1.40 bits per heavy atom. The lowest BCUT2D eigenvalue weighted by Gasteiger charge is -2.23. The van der Waals surface area contributed by atoms with Gasteiger partial charge in [0.15, 0.2) is 0 Å². The van der Waals surface area contributed by atoms with Gasteiger partial charge in [-0.15, -0.1) is 0 Å². The van der Waals surface area contributed by atoms with Crippen LogP contribution in [-0.4, -0.2) is 56.1 Å². The second-order valence-electron chi connectivity index (χ2n) is 4.70. The normalized spacial score (nSPS) is 12.7. The first kappa shape index (κ1) is 16.9. The summed E-state index contributed by atoms with van der Waals surface area (Å²) in [6.45, 7) is 5.76. The molecule has 114 valence electrons. The van der Waals surface area contributed by atoms with Crippen LogP contribution < -0.4 is 10.5 Å². The lowest BCUT2D eigenvalue weighted by Crippen LogP contribution is -2.37. The van der Waals surface area contributed by atoms with Gasteiger partial charge >= 0.3 is 0 Å². The highest BCUT2D eigenvalue weighted by atomic mass is 16.5. The van der Waals surface area contributed by atoms with Crippen LogP contribution in [0.5, 0.6) is 5.75 Å². The van der Waals surface area contributed by atoms with E-state index in [-0.39, 0.29) is 6.61 Å². The van der Waals surface area contributed by atoms with E-state index in [9.17, 15) is 5.11 Å². The molecule has 5 heteroatoms. The third-order valence-electron chi connectivity index (χ3n) is 3.10. The van der Waals surface area contributed by atoms with Crippen LogP contribution in [0.15, 0.2) is 24.3 Å². The van der Waals surface area contributed by atoms with Crippen LogP contribution in [0.25, 0.3) is 0 Å². The van der Waals surface area contributed by atoms with Crippen molar-refractivity contribution in [2.24, 2.45) is 5.73 Å². The zero-order chi connectivity index (χ0) is 14.8. The highest BCUT2D eigenvalue weighted by Crippen LogP contribution is 2.13. The maximum absolute atomic E-state index is 10.0. The van der Waals surface area contributed by atoms with Crippen LogP contribution in [0.2, 0.25) is 0 Å². The molecule has 20 heavy (non-hydrogen) atoms. The van der Waals surface area contributed by atoms with Gasteiger partial charge in [-0.25, -0.2) is 0 Å². The van der Waals surface area contributed by atoms with Gasteiger partial charge in [-0.1, -0.05) is 19.1 Å². The Balaban J connectivity index is 2.35. The summed E-state index contributed by atoms with van der Waals surface area (Å²) in [5.74, 6) is 0.743. The number of methoxy groups -OCH3 is 1. The Morgan fingerprint density at radius 2 is 2.20 bits per heavy atom. The van der Waals surface area contributed by atoms with Crippen molar-refractivity contribution >= 4 is 0 Å². The van der Waals surface area contributed by atoms with Crippen LogP contribution in [0.3, 0.4) is 0 Å². The van der Waals surface area contributed by atoms with E-state index in [4.69, 9.17) is 15.2 Å². The van der Waals surface area contributed by atoms with Gasteiger partial charge < -0.3 is 20.3 Å². The van der Waals surface area contributed by atoms with Gasteiger partial charge in [0, 0.05) is 26.7 Å². The van der Waals surface area contributed by atoms with Gasteiger partial charge in [-0.3, -0.25) is 4.90 Å². The number of nitrogens with zero attached hydrogens (tertiary/aromatic N) is 1. The van der Waals surface area contributed by atoms with E-state index in [1.54, 1.807) is 7.11 Å². The number of ether oxygens (including phenoxy) is 2. The summed E-state index contributed by atoms with van der Waals surface area (Å²) >= 11 is 0. The number of nitrogens with two attached hydrogens (primary N) is 1. The molecule has 5 nitrogen and oxygen atoms in total. The van der Waals surface area contributed by atoms with E-state index in [1.165, 1.54) is 0 Å². The molecule has 0 aliphatic heterocycles. The Kier molecular flexibility index (Phi) is 8.22. The van der Waals surface area contributed by atoms with Crippen LogP contribution in [0.4, 0.5) is 0 Å². The van der Waals surface area contributed by atoms with Crippen molar-refractivity contribution < 1.29 is 14.6 Å². The molecular weight excluding hydrogens is 256 g/mol. The molecule has 0 saturated carbocycles. The second-order valence-corrected chi connectivity index (χ2v) is 4.70. The summed E-state index contributed by atoms with van der Waals surface area (Å²) in [6.07, 6.45) is -0.520. The molecule has 1 atom stereocenters. The van der Waals surface area contributed by atoms with Gasteiger partial charge in [0.25, 0.3) is 0 Å². The number of hydrogen-bond donors (Lipinski definition) is 2. The lowest BCUT2D eigenvalue weighted by atomic mass is 10.2. The smallest absolute Gasteiger partial charge is 0.119 e. The van der Waals surface area contributed by atoms with Gasteiger partial charge in [-0.05, 0) is 24.2 Å². The minimum Gasteiger partial charge on any atom is -0.491 e. The van der Waals surface area contributed by atoms with E-state index in [1.807, 2.05) is 24.3 Å². The molecule has 0 fully saturated rings. The standard InChI is InChI=1S/C15H26N2O3/c1-3-17(7-8-19-2)11-14(18)12-20-15-6-4-5-13(9-15)10-16/h4-6,9,14,18H,3,7-8,10-12,16H2,1-2H3. The summed E-state index contributed by atoms with van der Waals surface area (Å²) in [6, 6.07) is 7.62. The molecule has 1 rings (SSSR count). The molecule has 0 aliphatic carbocycles.